The van der Waals surface area contributed by atoms with Crippen LogP contribution in [0.2, 0.25) is 0 Å². The van der Waals surface area contributed by atoms with Crippen molar-refractivity contribution in [1.29, 1.82) is 0 Å². The van der Waals surface area contributed by atoms with E-state index in [2.05, 4.69) is 23.9 Å². The van der Waals surface area contributed by atoms with Crippen LogP contribution in [0.25, 0.3) is 0 Å². The fraction of sp³-hybridized carbons (Fsp3) is 0.917. The molecule has 0 spiro atoms. The van der Waals surface area contributed by atoms with Crippen LogP contribution in [0.1, 0.15) is 19.8 Å². The van der Waals surface area contributed by atoms with Crippen LogP contribution >= 0.6 is 0 Å². The maximum absolute atomic E-state index is 11.3. The number of hydrogen-bond acceptors (Lipinski definition) is 4. The van der Waals surface area contributed by atoms with Gasteiger partial charge in [0.05, 0.1) is 13.0 Å². The van der Waals surface area contributed by atoms with E-state index in [1.807, 2.05) is 6.92 Å². The standard InChI is InChI=1S/C12H24N2O2/c1-10(12(15)16-4)9-14(3)11-5-7-13(2)8-6-11/h10-11H,5-9H2,1-4H3. The highest BCUT2D eigenvalue weighted by molar-refractivity contribution is 5.72. The summed E-state index contributed by atoms with van der Waals surface area (Å²) in [5, 5.41) is 0. The van der Waals surface area contributed by atoms with Gasteiger partial charge in [-0.05, 0) is 40.0 Å². The average Bonchev–Trinajstić information content (AvgIpc) is 2.28. The molecule has 0 N–H and O–H groups in total. The summed E-state index contributed by atoms with van der Waals surface area (Å²) in [5.41, 5.74) is 0. The summed E-state index contributed by atoms with van der Waals surface area (Å²) in [6.45, 7) is 5.03. The summed E-state index contributed by atoms with van der Waals surface area (Å²) in [6.07, 6.45) is 2.39. The van der Waals surface area contributed by atoms with Crippen molar-refractivity contribution in [2.45, 2.75) is 25.8 Å². The zero-order valence-electron chi connectivity index (χ0n) is 10.9. The number of esters is 1. The molecular formula is C12H24N2O2. The molecule has 1 heterocycles. The van der Waals surface area contributed by atoms with Gasteiger partial charge in [0.25, 0.3) is 0 Å². The first-order valence-electron chi connectivity index (χ1n) is 6.01. The van der Waals surface area contributed by atoms with Gasteiger partial charge in [0.2, 0.25) is 0 Å². The molecule has 0 amide bonds. The van der Waals surface area contributed by atoms with Crippen LogP contribution < -0.4 is 0 Å². The third-order valence-corrected chi connectivity index (χ3v) is 3.48. The van der Waals surface area contributed by atoms with Crippen molar-refractivity contribution >= 4 is 5.97 Å². The molecule has 0 aromatic heterocycles. The molecular weight excluding hydrogens is 204 g/mol. The Morgan fingerprint density at radius 2 is 2.06 bits per heavy atom. The lowest BCUT2D eigenvalue weighted by atomic mass is 10.0. The highest BCUT2D eigenvalue weighted by atomic mass is 16.5. The van der Waals surface area contributed by atoms with Gasteiger partial charge in [-0.3, -0.25) is 4.79 Å². The molecule has 1 rings (SSSR count). The molecule has 0 aromatic carbocycles. The number of likely N-dealkylation sites (tertiary alicyclic amines) is 1. The normalized spacial score (nSPS) is 21.1. The number of methoxy groups -OCH3 is 1. The van der Waals surface area contributed by atoms with E-state index in [4.69, 9.17) is 4.74 Å². The van der Waals surface area contributed by atoms with E-state index >= 15 is 0 Å². The van der Waals surface area contributed by atoms with Crippen LogP contribution in [0.4, 0.5) is 0 Å². The second-order valence-electron chi connectivity index (χ2n) is 4.90. The van der Waals surface area contributed by atoms with Crippen molar-refractivity contribution in [3.63, 3.8) is 0 Å². The van der Waals surface area contributed by atoms with E-state index in [-0.39, 0.29) is 11.9 Å². The zero-order chi connectivity index (χ0) is 12.1. The molecule has 0 aliphatic carbocycles. The van der Waals surface area contributed by atoms with Crippen LogP contribution in [-0.4, -0.2) is 62.7 Å². The first-order valence-corrected chi connectivity index (χ1v) is 6.01. The molecule has 0 aromatic rings. The predicted molar refractivity (Wildman–Crippen MR) is 64.3 cm³/mol. The maximum atomic E-state index is 11.3. The third kappa shape index (κ3) is 3.76. The summed E-state index contributed by atoms with van der Waals surface area (Å²) in [6, 6.07) is 0.614. The van der Waals surface area contributed by atoms with Crippen molar-refractivity contribution < 1.29 is 9.53 Å². The number of carbonyl (C=O) groups excluding carboxylic acids is 1. The number of carbonyl (C=O) groups is 1. The van der Waals surface area contributed by atoms with E-state index in [1.165, 1.54) is 20.0 Å². The molecule has 1 fully saturated rings. The fourth-order valence-corrected chi connectivity index (χ4v) is 2.29. The van der Waals surface area contributed by atoms with Crippen LogP contribution in [0.3, 0.4) is 0 Å². The molecule has 1 aliphatic rings. The first-order chi connectivity index (χ1) is 7.54. The number of hydrogen-bond donors (Lipinski definition) is 0. The quantitative estimate of drug-likeness (QED) is 0.667. The third-order valence-electron chi connectivity index (χ3n) is 3.48. The summed E-state index contributed by atoms with van der Waals surface area (Å²) in [4.78, 5) is 16.0. The van der Waals surface area contributed by atoms with Gasteiger partial charge in [0, 0.05) is 12.6 Å². The topological polar surface area (TPSA) is 32.8 Å². The molecule has 1 saturated heterocycles. The number of nitrogens with zero attached hydrogens (tertiary/aromatic N) is 2. The molecule has 1 aliphatic heterocycles. The molecule has 1 atom stereocenters. The van der Waals surface area contributed by atoms with Crippen LogP contribution in [-0.2, 0) is 9.53 Å². The Kier molecular flexibility index (Phi) is 5.22. The van der Waals surface area contributed by atoms with Gasteiger partial charge in [-0.2, -0.15) is 0 Å². The van der Waals surface area contributed by atoms with Crippen molar-refractivity contribution in [3.05, 3.63) is 0 Å². The minimum absolute atomic E-state index is 0.0327. The van der Waals surface area contributed by atoms with E-state index in [0.29, 0.717) is 6.04 Å². The van der Waals surface area contributed by atoms with Crippen molar-refractivity contribution in [1.82, 2.24) is 9.80 Å². The minimum Gasteiger partial charge on any atom is -0.469 e. The number of rotatable bonds is 4. The molecule has 1 unspecified atom stereocenters. The monoisotopic (exact) mass is 228 g/mol. The van der Waals surface area contributed by atoms with Gasteiger partial charge < -0.3 is 14.5 Å². The second kappa shape index (κ2) is 6.21. The Bertz CT molecular complexity index is 225. The van der Waals surface area contributed by atoms with Gasteiger partial charge >= 0.3 is 5.97 Å². The molecule has 16 heavy (non-hydrogen) atoms. The van der Waals surface area contributed by atoms with E-state index < -0.39 is 0 Å². The first kappa shape index (κ1) is 13.5. The largest absolute Gasteiger partial charge is 0.469 e. The van der Waals surface area contributed by atoms with Crippen molar-refractivity contribution in [2.75, 3.05) is 40.8 Å². The lowest BCUT2D eigenvalue weighted by molar-refractivity contribution is -0.145. The predicted octanol–water partition coefficient (Wildman–Crippen LogP) is 0.821. The van der Waals surface area contributed by atoms with Gasteiger partial charge in [-0.25, -0.2) is 0 Å². The van der Waals surface area contributed by atoms with Crippen LogP contribution in [0.15, 0.2) is 0 Å². The summed E-state index contributed by atoms with van der Waals surface area (Å²) < 4.78 is 4.74. The highest BCUT2D eigenvalue weighted by Gasteiger charge is 2.23. The van der Waals surface area contributed by atoms with Gasteiger partial charge in [-0.15, -0.1) is 0 Å². The number of piperidine rings is 1. The van der Waals surface area contributed by atoms with Crippen LogP contribution in [0.5, 0.6) is 0 Å². The molecule has 0 radical (unpaired) electrons. The zero-order valence-corrected chi connectivity index (χ0v) is 10.9. The van der Waals surface area contributed by atoms with Crippen LogP contribution in [0, 0.1) is 5.92 Å². The smallest absolute Gasteiger partial charge is 0.309 e. The van der Waals surface area contributed by atoms with E-state index in [1.54, 1.807) is 0 Å². The molecule has 0 bridgehead atoms. The molecule has 4 nitrogen and oxygen atoms in total. The Balaban J connectivity index is 2.34. The highest BCUT2D eigenvalue weighted by Crippen LogP contribution is 2.15. The van der Waals surface area contributed by atoms with Gasteiger partial charge in [-0.1, -0.05) is 6.92 Å². The van der Waals surface area contributed by atoms with Crippen molar-refractivity contribution in [3.8, 4) is 0 Å². The lowest BCUT2D eigenvalue weighted by Gasteiger charge is -2.35. The molecule has 4 heteroatoms. The second-order valence-corrected chi connectivity index (χ2v) is 4.90. The van der Waals surface area contributed by atoms with E-state index in [9.17, 15) is 4.79 Å². The van der Waals surface area contributed by atoms with Gasteiger partial charge in [0.1, 0.15) is 0 Å². The Morgan fingerprint density at radius 1 is 1.50 bits per heavy atom. The molecule has 94 valence electrons. The fourth-order valence-electron chi connectivity index (χ4n) is 2.29. The maximum Gasteiger partial charge on any atom is 0.309 e. The minimum atomic E-state index is -0.111. The Morgan fingerprint density at radius 3 is 2.56 bits per heavy atom. The average molecular weight is 228 g/mol. The van der Waals surface area contributed by atoms with Gasteiger partial charge in [0.15, 0.2) is 0 Å². The number of ether oxygens (including phenoxy) is 1. The SMILES string of the molecule is COC(=O)C(C)CN(C)C1CCN(C)CC1. The van der Waals surface area contributed by atoms with Crippen molar-refractivity contribution in [2.24, 2.45) is 5.92 Å². The molecule has 0 saturated carbocycles. The Labute approximate surface area is 98.5 Å². The van der Waals surface area contributed by atoms with E-state index in [0.717, 1.165) is 19.6 Å². The Hall–Kier alpha value is -0.610. The summed E-state index contributed by atoms with van der Waals surface area (Å²) >= 11 is 0. The summed E-state index contributed by atoms with van der Waals surface area (Å²) in [7, 11) is 5.72. The lowest BCUT2D eigenvalue weighted by Crippen LogP contribution is -2.44. The summed E-state index contributed by atoms with van der Waals surface area (Å²) in [5.74, 6) is -0.144.